The van der Waals surface area contributed by atoms with Gasteiger partial charge in [0.2, 0.25) is 0 Å². The van der Waals surface area contributed by atoms with Crippen molar-refractivity contribution >= 4 is 6.09 Å². The van der Waals surface area contributed by atoms with Gasteiger partial charge < -0.3 is 10.1 Å². The van der Waals surface area contributed by atoms with Crippen LogP contribution in [0.2, 0.25) is 0 Å². The zero-order chi connectivity index (χ0) is 13.6. The number of ether oxygens (including phenoxy) is 1. The maximum absolute atomic E-state index is 11.8. The highest BCUT2D eigenvalue weighted by molar-refractivity contribution is 5.67. The fourth-order valence-corrected chi connectivity index (χ4v) is 1.92. The molecule has 1 unspecified atom stereocenters. The van der Waals surface area contributed by atoms with Gasteiger partial charge >= 0.3 is 12.3 Å². The number of hydrogen-bond acceptors (Lipinski definition) is 3. The standard InChI is InChI=1S/C11H19F3N2O2/c1-9(16-5-3-2-4-6-16)7-15-10(17)18-8-11(12,13)14/h9H,2-8H2,1H3,(H,15,17). The molecule has 0 bridgehead atoms. The Hall–Kier alpha value is -0.980. The number of nitrogens with zero attached hydrogens (tertiary/aromatic N) is 1. The van der Waals surface area contributed by atoms with Crippen LogP contribution in [0.3, 0.4) is 0 Å². The smallest absolute Gasteiger partial charge is 0.422 e. The van der Waals surface area contributed by atoms with Crippen molar-refractivity contribution in [3.8, 4) is 0 Å². The molecule has 1 atom stereocenters. The molecule has 1 N–H and O–H groups in total. The van der Waals surface area contributed by atoms with Gasteiger partial charge in [-0.05, 0) is 32.9 Å². The predicted octanol–water partition coefficient (Wildman–Crippen LogP) is 2.15. The Kier molecular flexibility index (Phi) is 5.71. The third-order valence-electron chi connectivity index (χ3n) is 2.92. The van der Waals surface area contributed by atoms with Gasteiger partial charge in [0.15, 0.2) is 6.61 Å². The van der Waals surface area contributed by atoms with Gasteiger partial charge in [-0.2, -0.15) is 13.2 Å². The quantitative estimate of drug-likeness (QED) is 0.849. The molecular weight excluding hydrogens is 249 g/mol. The SMILES string of the molecule is CC(CNC(=O)OCC(F)(F)F)N1CCCCC1. The van der Waals surface area contributed by atoms with Gasteiger partial charge in [0, 0.05) is 12.6 Å². The lowest BCUT2D eigenvalue weighted by Gasteiger charge is -2.32. The fraction of sp³-hybridized carbons (Fsp3) is 0.909. The summed E-state index contributed by atoms with van der Waals surface area (Å²) in [5, 5.41) is 2.35. The Morgan fingerprint density at radius 1 is 1.33 bits per heavy atom. The van der Waals surface area contributed by atoms with Gasteiger partial charge in [0.05, 0.1) is 0 Å². The second-order valence-corrected chi connectivity index (χ2v) is 4.52. The van der Waals surface area contributed by atoms with Crippen LogP contribution in [-0.4, -0.2) is 49.5 Å². The van der Waals surface area contributed by atoms with Crippen LogP contribution in [0.4, 0.5) is 18.0 Å². The Bertz CT molecular complexity index is 266. The van der Waals surface area contributed by atoms with E-state index in [0.29, 0.717) is 6.54 Å². The Morgan fingerprint density at radius 2 is 1.94 bits per heavy atom. The molecule has 0 aromatic rings. The zero-order valence-corrected chi connectivity index (χ0v) is 10.4. The Balaban J connectivity index is 2.17. The van der Waals surface area contributed by atoms with E-state index in [1.54, 1.807) is 0 Å². The number of carbonyl (C=O) groups is 1. The van der Waals surface area contributed by atoms with Crippen LogP contribution >= 0.6 is 0 Å². The predicted molar refractivity (Wildman–Crippen MR) is 60.3 cm³/mol. The molecule has 1 saturated heterocycles. The molecule has 0 spiro atoms. The molecule has 1 heterocycles. The van der Waals surface area contributed by atoms with Gasteiger partial charge in [-0.15, -0.1) is 0 Å². The van der Waals surface area contributed by atoms with Crippen LogP contribution in [0.25, 0.3) is 0 Å². The molecule has 1 amide bonds. The minimum Gasteiger partial charge on any atom is -0.440 e. The number of amides is 1. The number of alkyl carbamates (subject to hydrolysis) is 1. The molecule has 0 aromatic heterocycles. The highest BCUT2D eigenvalue weighted by atomic mass is 19.4. The number of piperidine rings is 1. The largest absolute Gasteiger partial charge is 0.440 e. The second-order valence-electron chi connectivity index (χ2n) is 4.52. The van der Waals surface area contributed by atoms with Crippen LogP contribution in [0.15, 0.2) is 0 Å². The van der Waals surface area contributed by atoms with Crippen molar-refractivity contribution < 1.29 is 22.7 Å². The van der Waals surface area contributed by atoms with E-state index in [1.807, 2.05) is 6.92 Å². The summed E-state index contributed by atoms with van der Waals surface area (Å²) in [4.78, 5) is 13.2. The summed E-state index contributed by atoms with van der Waals surface area (Å²) in [6.07, 6.45) is -2.03. The average Bonchev–Trinajstić information content (AvgIpc) is 2.33. The summed E-state index contributed by atoms with van der Waals surface area (Å²) >= 11 is 0. The molecule has 106 valence electrons. The Morgan fingerprint density at radius 3 is 2.50 bits per heavy atom. The number of alkyl halides is 3. The van der Waals surface area contributed by atoms with Gasteiger partial charge in [-0.3, -0.25) is 4.90 Å². The van der Waals surface area contributed by atoms with Crippen LogP contribution in [0.1, 0.15) is 26.2 Å². The van der Waals surface area contributed by atoms with Crippen LogP contribution in [0, 0.1) is 0 Å². The molecule has 0 radical (unpaired) electrons. The van der Waals surface area contributed by atoms with Gasteiger partial charge in [0.25, 0.3) is 0 Å². The number of hydrogen-bond donors (Lipinski definition) is 1. The number of halogens is 3. The lowest BCUT2D eigenvalue weighted by Crippen LogP contribution is -2.44. The Labute approximate surface area is 104 Å². The lowest BCUT2D eigenvalue weighted by atomic mass is 10.1. The summed E-state index contributed by atoms with van der Waals surface area (Å²) in [6, 6.07) is 0.115. The van der Waals surface area contributed by atoms with Crippen molar-refractivity contribution in [1.82, 2.24) is 10.2 Å². The number of carbonyl (C=O) groups excluding carboxylic acids is 1. The van der Waals surface area contributed by atoms with E-state index in [1.165, 1.54) is 6.42 Å². The highest BCUT2D eigenvalue weighted by Crippen LogP contribution is 2.14. The van der Waals surface area contributed by atoms with Crippen molar-refractivity contribution in [2.45, 2.75) is 38.4 Å². The molecule has 1 aliphatic heterocycles. The molecule has 0 aromatic carbocycles. The van der Waals surface area contributed by atoms with E-state index in [9.17, 15) is 18.0 Å². The summed E-state index contributed by atoms with van der Waals surface area (Å²) in [6.45, 7) is 2.64. The summed E-state index contributed by atoms with van der Waals surface area (Å²) in [5.41, 5.74) is 0. The molecule has 4 nitrogen and oxygen atoms in total. The fourth-order valence-electron chi connectivity index (χ4n) is 1.92. The third-order valence-corrected chi connectivity index (χ3v) is 2.92. The van der Waals surface area contributed by atoms with Gasteiger partial charge in [0.1, 0.15) is 0 Å². The zero-order valence-electron chi connectivity index (χ0n) is 10.4. The van der Waals surface area contributed by atoms with Crippen molar-refractivity contribution in [3.05, 3.63) is 0 Å². The minimum atomic E-state index is -4.48. The molecule has 0 aliphatic carbocycles. The van der Waals surface area contributed by atoms with Crippen LogP contribution in [-0.2, 0) is 4.74 Å². The van der Waals surface area contributed by atoms with E-state index >= 15 is 0 Å². The topological polar surface area (TPSA) is 41.6 Å². The molecular formula is C11H19F3N2O2. The average molecular weight is 268 g/mol. The van der Waals surface area contributed by atoms with Crippen molar-refractivity contribution in [2.75, 3.05) is 26.2 Å². The number of likely N-dealkylation sites (tertiary alicyclic amines) is 1. The van der Waals surface area contributed by atoms with E-state index in [2.05, 4.69) is 15.0 Å². The highest BCUT2D eigenvalue weighted by Gasteiger charge is 2.29. The molecule has 0 saturated carbocycles. The normalized spacial score (nSPS) is 19.3. The molecule has 18 heavy (non-hydrogen) atoms. The summed E-state index contributed by atoms with van der Waals surface area (Å²) in [7, 11) is 0. The maximum atomic E-state index is 11.8. The van der Waals surface area contributed by atoms with Crippen LogP contribution in [0.5, 0.6) is 0 Å². The first-order chi connectivity index (χ1) is 8.38. The molecule has 1 fully saturated rings. The molecule has 1 rings (SSSR count). The third kappa shape index (κ3) is 6.09. The first-order valence-electron chi connectivity index (χ1n) is 6.10. The molecule has 7 heteroatoms. The van der Waals surface area contributed by atoms with Gasteiger partial charge in [-0.1, -0.05) is 6.42 Å². The number of nitrogens with one attached hydrogen (secondary N) is 1. The van der Waals surface area contributed by atoms with E-state index in [4.69, 9.17) is 0 Å². The second kappa shape index (κ2) is 6.82. The van der Waals surface area contributed by atoms with E-state index < -0.39 is 18.9 Å². The first kappa shape index (κ1) is 15.1. The van der Waals surface area contributed by atoms with Crippen molar-refractivity contribution in [3.63, 3.8) is 0 Å². The lowest BCUT2D eigenvalue weighted by molar-refractivity contribution is -0.160. The molecule has 1 aliphatic rings. The number of rotatable bonds is 4. The van der Waals surface area contributed by atoms with Crippen LogP contribution < -0.4 is 5.32 Å². The summed E-state index contributed by atoms with van der Waals surface area (Å²) in [5.74, 6) is 0. The summed E-state index contributed by atoms with van der Waals surface area (Å²) < 4.78 is 39.4. The van der Waals surface area contributed by atoms with E-state index in [0.717, 1.165) is 25.9 Å². The first-order valence-corrected chi connectivity index (χ1v) is 6.10. The van der Waals surface area contributed by atoms with Gasteiger partial charge in [-0.25, -0.2) is 4.79 Å². The van der Waals surface area contributed by atoms with Crippen molar-refractivity contribution in [2.24, 2.45) is 0 Å². The maximum Gasteiger partial charge on any atom is 0.422 e. The monoisotopic (exact) mass is 268 g/mol. The minimum absolute atomic E-state index is 0.115. The van der Waals surface area contributed by atoms with E-state index in [-0.39, 0.29) is 6.04 Å². The van der Waals surface area contributed by atoms with Crippen molar-refractivity contribution in [1.29, 1.82) is 0 Å².